The molecule has 1 aliphatic rings. The van der Waals surface area contributed by atoms with Gasteiger partial charge in [0.15, 0.2) is 14.5 Å². The zero-order valence-electron chi connectivity index (χ0n) is 17.0. The minimum atomic E-state index is -3.74. The van der Waals surface area contributed by atoms with Crippen molar-refractivity contribution in [2.75, 3.05) is 62.1 Å². The van der Waals surface area contributed by atoms with Crippen molar-refractivity contribution in [1.82, 2.24) is 9.29 Å². The molecule has 0 bridgehead atoms. The Morgan fingerprint density at radius 2 is 1.90 bits per heavy atom. The number of thiazole rings is 1. The number of anilines is 3. The van der Waals surface area contributed by atoms with E-state index >= 15 is 0 Å². The van der Waals surface area contributed by atoms with Gasteiger partial charge in [-0.2, -0.15) is 0 Å². The average molecular weight is 474 g/mol. The van der Waals surface area contributed by atoms with Gasteiger partial charge in [-0.15, -0.1) is 0 Å². The number of halogens is 1. The second-order valence-corrected chi connectivity index (χ2v) is 10.4. The summed E-state index contributed by atoms with van der Waals surface area (Å²) >= 11 is 6.91. The zero-order chi connectivity index (χ0) is 21.9. The summed E-state index contributed by atoms with van der Waals surface area (Å²) in [5, 5.41) is 2.88. The number of carbonyl (C=O) groups excluding carboxylic acids is 1. The Balaban J connectivity index is 1.74. The summed E-state index contributed by atoms with van der Waals surface area (Å²) in [6, 6.07) is 7.12. The maximum Gasteiger partial charge on any atom is 0.328 e. The Morgan fingerprint density at radius 3 is 2.47 bits per heavy atom. The van der Waals surface area contributed by atoms with Crippen LogP contribution in [0.3, 0.4) is 0 Å². The van der Waals surface area contributed by atoms with Crippen molar-refractivity contribution in [3.8, 4) is 0 Å². The van der Waals surface area contributed by atoms with Crippen LogP contribution in [0.2, 0.25) is 5.15 Å². The van der Waals surface area contributed by atoms with Gasteiger partial charge in [0.25, 0.3) is 10.0 Å². The van der Waals surface area contributed by atoms with Gasteiger partial charge in [0.2, 0.25) is 0 Å². The van der Waals surface area contributed by atoms with Gasteiger partial charge in [-0.3, -0.25) is 4.90 Å². The molecule has 0 radical (unpaired) electrons. The lowest BCUT2D eigenvalue weighted by atomic mass is 10.2. The second-order valence-electron chi connectivity index (χ2n) is 6.68. The van der Waals surface area contributed by atoms with Crippen molar-refractivity contribution in [3.05, 3.63) is 29.4 Å². The Morgan fingerprint density at radius 1 is 1.27 bits per heavy atom. The molecule has 0 aliphatic carbocycles. The molecule has 1 aromatic heterocycles. The van der Waals surface area contributed by atoms with Crippen molar-refractivity contribution in [2.24, 2.45) is 0 Å². The standard InChI is InChI=1S/C18H24ClN5O4S2/c1-4-24(18-21-15(19)16(29-18)30(26,27)22(2)3)17(25)20-13-5-7-14(8-6-13)23-9-11-28-12-10-23/h5-8H,4,9-12H2,1-3H3,(H,20,25). The van der Waals surface area contributed by atoms with Crippen LogP contribution in [0.25, 0.3) is 0 Å². The van der Waals surface area contributed by atoms with Gasteiger partial charge in [0.1, 0.15) is 0 Å². The van der Waals surface area contributed by atoms with Crippen molar-refractivity contribution in [3.63, 3.8) is 0 Å². The lowest BCUT2D eigenvalue weighted by molar-refractivity contribution is 0.122. The smallest absolute Gasteiger partial charge is 0.328 e. The average Bonchev–Trinajstić information content (AvgIpc) is 3.11. The number of amides is 2. The van der Waals surface area contributed by atoms with Crippen molar-refractivity contribution in [2.45, 2.75) is 11.1 Å². The number of sulfonamides is 1. The Hall–Kier alpha value is -1.92. The molecular weight excluding hydrogens is 450 g/mol. The summed E-state index contributed by atoms with van der Waals surface area (Å²) in [5.74, 6) is 0. The van der Waals surface area contributed by atoms with E-state index in [0.717, 1.165) is 34.4 Å². The molecule has 1 N–H and O–H groups in total. The van der Waals surface area contributed by atoms with Gasteiger partial charge < -0.3 is 15.0 Å². The number of hydrogen-bond donors (Lipinski definition) is 1. The minimum absolute atomic E-state index is 0.0923. The van der Waals surface area contributed by atoms with Crippen LogP contribution in [0.5, 0.6) is 0 Å². The number of urea groups is 1. The fourth-order valence-electron chi connectivity index (χ4n) is 2.85. The predicted octanol–water partition coefficient (Wildman–Crippen LogP) is 2.94. The molecule has 1 fully saturated rings. The van der Waals surface area contributed by atoms with Crippen molar-refractivity contribution in [1.29, 1.82) is 0 Å². The van der Waals surface area contributed by atoms with Crippen LogP contribution in [0.15, 0.2) is 28.5 Å². The van der Waals surface area contributed by atoms with E-state index < -0.39 is 16.1 Å². The number of ether oxygens (including phenoxy) is 1. The van der Waals surface area contributed by atoms with Gasteiger partial charge in [0, 0.05) is 45.1 Å². The molecule has 1 aromatic carbocycles. The maximum absolute atomic E-state index is 12.8. The molecule has 0 atom stereocenters. The number of rotatable bonds is 6. The first-order valence-electron chi connectivity index (χ1n) is 9.34. The van der Waals surface area contributed by atoms with Crippen LogP contribution in [-0.2, 0) is 14.8 Å². The monoisotopic (exact) mass is 473 g/mol. The normalized spacial score (nSPS) is 14.8. The Kier molecular flexibility index (Phi) is 7.19. The van der Waals surface area contributed by atoms with Crippen LogP contribution in [0.1, 0.15) is 6.92 Å². The first kappa shape index (κ1) is 22.8. The number of nitrogens with one attached hydrogen (secondary N) is 1. The third-order valence-corrected chi connectivity index (χ3v) is 8.42. The van der Waals surface area contributed by atoms with E-state index in [9.17, 15) is 13.2 Å². The van der Waals surface area contributed by atoms with Gasteiger partial charge in [0.05, 0.1) is 13.2 Å². The maximum atomic E-state index is 12.8. The SMILES string of the molecule is CCN(C(=O)Nc1ccc(N2CCOCC2)cc1)c1nc(Cl)c(S(=O)(=O)N(C)C)s1. The van der Waals surface area contributed by atoms with E-state index in [2.05, 4.69) is 15.2 Å². The first-order chi connectivity index (χ1) is 14.2. The van der Waals surface area contributed by atoms with Gasteiger partial charge in [-0.1, -0.05) is 22.9 Å². The highest BCUT2D eigenvalue weighted by molar-refractivity contribution is 7.91. The Labute approximate surface area is 185 Å². The topological polar surface area (TPSA) is 95.1 Å². The van der Waals surface area contributed by atoms with E-state index in [1.54, 1.807) is 6.92 Å². The van der Waals surface area contributed by atoms with Crippen molar-refractivity contribution >= 4 is 55.5 Å². The molecule has 30 heavy (non-hydrogen) atoms. The first-order valence-corrected chi connectivity index (χ1v) is 12.0. The van der Waals surface area contributed by atoms with Gasteiger partial charge in [-0.05, 0) is 31.2 Å². The molecule has 164 valence electrons. The summed E-state index contributed by atoms with van der Waals surface area (Å²) in [5.41, 5.74) is 1.69. The van der Waals surface area contributed by atoms with E-state index in [1.165, 1.54) is 19.0 Å². The summed E-state index contributed by atoms with van der Waals surface area (Å²) < 4.78 is 31.1. The number of carbonyl (C=O) groups is 1. The molecule has 1 aliphatic heterocycles. The van der Waals surface area contributed by atoms with E-state index in [-0.39, 0.29) is 14.5 Å². The number of hydrogen-bond acceptors (Lipinski definition) is 7. The lowest BCUT2D eigenvalue weighted by Crippen LogP contribution is -2.36. The van der Waals surface area contributed by atoms with Crippen LogP contribution >= 0.6 is 22.9 Å². The summed E-state index contributed by atoms with van der Waals surface area (Å²) in [4.78, 5) is 20.4. The lowest BCUT2D eigenvalue weighted by Gasteiger charge is -2.29. The van der Waals surface area contributed by atoms with Crippen LogP contribution < -0.4 is 15.1 Å². The quantitative estimate of drug-likeness (QED) is 0.693. The predicted molar refractivity (Wildman–Crippen MR) is 120 cm³/mol. The van der Waals surface area contributed by atoms with E-state index in [0.29, 0.717) is 25.4 Å². The molecule has 2 heterocycles. The minimum Gasteiger partial charge on any atom is -0.378 e. The number of benzene rings is 1. The molecule has 2 aromatic rings. The van der Waals surface area contributed by atoms with Crippen LogP contribution in [0, 0.1) is 0 Å². The molecule has 2 amide bonds. The summed E-state index contributed by atoms with van der Waals surface area (Å²) in [6.07, 6.45) is 0. The molecule has 0 spiro atoms. The molecule has 0 saturated carbocycles. The highest BCUT2D eigenvalue weighted by Crippen LogP contribution is 2.34. The molecule has 9 nitrogen and oxygen atoms in total. The zero-order valence-corrected chi connectivity index (χ0v) is 19.4. The van der Waals surface area contributed by atoms with E-state index in [4.69, 9.17) is 16.3 Å². The molecule has 0 unspecified atom stereocenters. The van der Waals surface area contributed by atoms with Gasteiger partial charge in [-0.25, -0.2) is 22.5 Å². The van der Waals surface area contributed by atoms with E-state index in [1.807, 2.05) is 24.3 Å². The highest BCUT2D eigenvalue weighted by atomic mass is 35.5. The van der Waals surface area contributed by atoms with Gasteiger partial charge >= 0.3 is 6.03 Å². The summed E-state index contributed by atoms with van der Waals surface area (Å²) in [6.45, 7) is 5.13. The molecule has 12 heteroatoms. The third-order valence-electron chi connectivity index (χ3n) is 4.55. The number of aromatic nitrogens is 1. The molecular formula is C18H24ClN5O4S2. The molecule has 3 rings (SSSR count). The summed E-state index contributed by atoms with van der Waals surface area (Å²) in [7, 11) is -0.918. The molecule has 1 saturated heterocycles. The number of morpholine rings is 1. The highest BCUT2D eigenvalue weighted by Gasteiger charge is 2.28. The van der Waals surface area contributed by atoms with Crippen LogP contribution in [-0.4, -0.2) is 70.7 Å². The fraction of sp³-hybridized carbons (Fsp3) is 0.444. The fourth-order valence-corrected chi connectivity index (χ4v) is 5.83. The second kappa shape index (κ2) is 9.48. The number of nitrogens with zero attached hydrogens (tertiary/aromatic N) is 4. The third kappa shape index (κ3) is 4.86. The van der Waals surface area contributed by atoms with Crippen LogP contribution in [0.4, 0.5) is 21.3 Å². The Bertz CT molecular complexity index is 989. The van der Waals surface area contributed by atoms with Crippen molar-refractivity contribution < 1.29 is 17.9 Å². The largest absolute Gasteiger partial charge is 0.378 e.